The molecule has 0 aliphatic heterocycles. The third-order valence-corrected chi connectivity index (χ3v) is 1.92. The maximum atomic E-state index is 11.2. The van der Waals surface area contributed by atoms with E-state index >= 15 is 0 Å². The molecule has 0 aromatic heterocycles. The minimum Gasteiger partial charge on any atom is -0.428 e. The second kappa shape index (κ2) is 11.4. The van der Waals surface area contributed by atoms with Gasteiger partial charge >= 0.3 is 12.1 Å². The summed E-state index contributed by atoms with van der Waals surface area (Å²) < 4.78 is 9.36. The summed E-state index contributed by atoms with van der Waals surface area (Å²) in [5, 5.41) is 0. The van der Waals surface area contributed by atoms with Crippen LogP contribution in [0, 0.1) is 0 Å². The predicted molar refractivity (Wildman–Crippen MR) is 70.2 cm³/mol. The van der Waals surface area contributed by atoms with Crippen LogP contribution in [-0.2, 0) is 14.3 Å². The van der Waals surface area contributed by atoms with Crippen molar-refractivity contribution in [1.82, 2.24) is 0 Å². The summed E-state index contributed by atoms with van der Waals surface area (Å²) in [7, 11) is 0. The Morgan fingerprint density at radius 3 is 2.11 bits per heavy atom. The third kappa shape index (κ3) is 14.6. The number of carbonyl (C=O) groups excluding carboxylic acids is 2. The summed E-state index contributed by atoms with van der Waals surface area (Å²) in [6, 6.07) is 0. The summed E-state index contributed by atoms with van der Waals surface area (Å²) in [6.07, 6.45) is 2.90. The van der Waals surface area contributed by atoms with Gasteiger partial charge < -0.3 is 15.2 Å². The molecule has 0 saturated carbocycles. The molecular weight excluding hydrogens is 261 g/mol. The molecule has 101 valence electrons. The van der Waals surface area contributed by atoms with Crippen molar-refractivity contribution in [3.8, 4) is 0 Å². The molecule has 0 aliphatic carbocycles. The first kappa shape index (κ1) is 20.8. The van der Waals surface area contributed by atoms with Crippen molar-refractivity contribution in [2.24, 2.45) is 5.73 Å². The Kier molecular flexibility index (Phi) is 13.2. The Bertz CT molecular complexity index is 251. The van der Waals surface area contributed by atoms with Crippen LogP contribution in [0.5, 0.6) is 0 Å². The number of unbranched alkanes of at least 4 members (excludes halogenated alkanes) is 3. The summed E-state index contributed by atoms with van der Waals surface area (Å²) >= 11 is 0. The van der Waals surface area contributed by atoms with Crippen LogP contribution >= 0.6 is 0 Å². The monoisotopic (exact) mass is 284 g/mol. The van der Waals surface area contributed by atoms with E-state index in [4.69, 9.17) is 10.5 Å². The summed E-state index contributed by atoms with van der Waals surface area (Å²) in [5.74, 6) is -0.535. The predicted octanol–water partition coefficient (Wildman–Crippen LogP) is 1.99. The maximum Gasteiger partial charge on any atom is 0.516 e. The van der Waals surface area contributed by atoms with Crippen molar-refractivity contribution in [3.05, 3.63) is 0 Å². The number of hydrogen-bond donors (Lipinski definition) is 1. The minimum absolute atomic E-state index is 0. The minimum atomic E-state index is -0.926. The topological polar surface area (TPSA) is 78.6 Å². The van der Waals surface area contributed by atoms with Crippen molar-refractivity contribution in [2.45, 2.75) is 58.5 Å². The molecule has 0 spiro atoms. The van der Waals surface area contributed by atoms with Gasteiger partial charge in [-0.1, -0.05) is 12.8 Å². The number of hydrogen-bond acceptors (Lipinski definition) is 5. The molecule has 0 amide bonds. The molecule has 1 radical (unpaired) electrons. The van der Waals surface area contributed by atoms with Crippen LogP contribution in [0.1, 0.15) is 52.9 Å². The van der Waals surface area contributed by atoms with E-state index in [2.05, 4.69) is 4.74 Å². The molecule has 0 fully saturated rings. The maximum absolute atomic E-state index is 11.2. The van der Waals surface area contributed by atoms with E-state index in [0.29, 0.717) is 13.0 Å². The van der Waals surface area contributed by atoms with Crippen LogP contribution in [0.4, 0.5) is 4.79 Å². The molecule has 0 heterocycles. The molecule has 0 aromatic carbocycles. The molecule has 0 bridgehead atoms. The van der Waals surface area contributed by atoms with Crippen LogP contribution < -0.4 is 5.73 Å². The molecule has 0 rings (SSSR count). The molecule has 0 saturated heterocycles. The van der Waals surface area contributed by atoms with Crippen molar-refractivity contribution in [3.63, 3.8) is 0 Å². The fourth-order valence-electron chi connectivity index (χ4n) is 1.18. The Hall–Kier alpha value is 0.536. The van der Waals surface area contributed by atoms with Crippen molar-refractivity contribution in [1.29, 1.82) is 0 Å². The SMILES string of the molecule is CC(C)(C)OC(=O)OC(=O)CCCCCCN.[K]. The van der Waals surface area contributed by atoms with Crippen LogP contribution in [0.15, 0.2) is 0 Å². The summed E-state index contributed by atoms with van der Waals surface area (Å²) in [5.41, 5.74) is 4.70. The molecule has 0 atom stereocenters. The Balaban J connectivity index is 0. The molecule has 18 heavy (non-hydrogen) atoms. The average Bonchev–Trinajstić information content (AvgIpc) is 2.14. The first-order valence-electron chi connectivity index (χ1n) is 5.99. The van der Waals surface area contributed by atoms with Crippen LogP contribution in [0.3, 0.4) is 0 Å². The second-order valence-corrected chi connectivity index (χ2v) is 4.89. The smallest absolute Gasteiger partial charge is 0.428 e. The van der Waals surface area contributed by atoms with E-state index in [9.17, 15) is 9.59 Å². The largest absolute Gasteiger partial charge is 0.516 e. The number of carbonyl (C=O) groups is 2. The molecule has 2 N–H and O–H groups in total. The van der Waals surface area contributed by atoms with Gasteiger partial charge in [-0.05, 0) is 40.2 Å². The van der Waals surface area contributed by atoms with Crippen LogP contribution in [0.2, 0.25) is 0 Å². The number of rotatable bonds is 6. The van der Waals surface area contributed by atoms with Gasteiger partial charge in [0.1, 0.15) is 5.60 Å². The molecular formula is C12H23KNO4. The zero-order valence-corrected chi connectivity index (χ0v) is 15.1. The average molecular weight is 284 g/mol. The Morgan fingerprint density at radius 1 is 1.06 bits per heavy atom. The van der Waals surface area contributed by atoms with Gasteiger partial charge in [0.15, 0.2) is 0 Å². The Labute approximate surface area is 152 Å². The van der Waals surface area contributed by atoms with E-state index in [1.54, 1.807) is 20.8 Å². The quantitative estimate of drug-likeness (QED) is 0.349. The van der Waals surface area contributed by atoms with Gasteiger partial charge in [-0.15, -0.1) is 0 Å². The van der Waals surface area contributed by atoms with Gasteiger partial charge in [0.25, 0.3) is 0 Å². The van der Waals surface area contributed by atoms with Gasteiger partial charge in [0, 0.05) is 57.8 Å². The van der Waals surface area contributed by atoms with Crippen molar-refractivity contribution < 1.29 is 19.1 Å². The summed E-state index contributed by atoms with van der Waals surface area (Å²) in [6.45, 7) is 5.81. The first-order valence-corrected chi connectivity index (χ1v) is 5.99. The number of esters is 1. The van der Waals surface area contributed by atoms with Crippen molar-refractivity contribution in [2.75, 3.05) is 6.54 Å². The fourth-order valence-corrected chi connectivity index (χ4v) is 1.18. The van der Waals surface area contributed by atoms with Gasteiger partial charge in [-0.3, -0.25) is 4.79 Å². The molecule has 0 aromatic rings. The molecule has 0 unspecified atom stereocenters. The second-order valence-electron chi connectivity index (χ2n) is 4.89. The van der Waals surface area contributed by atoms with Crippen LogP contribution in [0.25, 0.3) is 0 Å². The fraction of sp³-hybridized carbons (Fsp3) is 0.833. The van der Waals surface area contributed by atoms with Gasteiger partial charge in [-0.2, -0.15) is 0 Å². The van der Waals surface area contributed by atoms with Gasteiger partial charge in [-0.25, -0.2) is 4.79 Å². The summed E-state index contributed by atoms with van der Waals surface area (Å²) in [4.78, 5) is 22.3. The van der Waals surface area contributed by atoms with Gasteiger partial charge in [0.05, 0.1) is 0 Å². The zero-order chi connectivity index (χ0) is 13.3. The Morgan fingerprint density at radius 2 is 1.61 bits per heavy atom. The van der Waals surface area contributed by atoms with E-state index in [1.165, 1.54) is 0 Å². The van der Waals surface area contributed by atoms with Crippen molar-refractivity contribution >= 4 is 63.5 Å². The molecule has 6 heteroatoms. The molecule has 0 aliphatic rings. The van der Waals surface area contributed by atoms with E-state index < -0.39 is 17.7 Å². The third-order valence-electron chi connectivity index (χ3n) is 1.92. The first-order chi connectivity index (χ1) is 7.85. The van der Waals surface area contributed by atoms with Gasteiger partial charge in [0.2, 0.25) is 0 Å². The normalized spacial score (nSPS) is 10.4. The molecule has 5 nitrogen and oxygen atoms in total. The van der Waals surface area contributed by atoms with E-state index in [0.717, 1.165) is 19.3 Å². The van der Waals surface area contributed by atoms with E-state index in [1.807, 2.05) is 0 Å². The standard InChI is InChI=1S/C12H23NO4.K/c1-12(2,3)17-11(15)16-10(14)8-6-4-5-7-9-13;/h4-9,13H2,1-3H3;. The number of nitrogens with two attached hydrogens (primary N) is 1. The van der Waals surface area contributed by atoms with Crippen LogP contribution in [-0.4, -0.2) is 75.7 Å². The van der Waals surface area contributed by atoms with E-state index in [-0.39, 0.29) is 57.8 Å². The zero-order valence-electron chi connectivity index (χ0n) is 12.0. The number of ether oxygens (including phenoxy) is 2.